The third-order valence-corrected chi connectivity index (χ3v) is 1.40. The van der Waals surface area contributed by atoms with Crippen molar-refractivity contribution in [3.63, 3.8) is 0 Å². The Morgan fingerprint density at radius 3 is 1.71 bits per heavy atom. The van der Waals surface area contributed by atoms with Gasteiger partial charge in [-0.3, -0.25) is 4.79 Å². The monoisotopic (exact) mass is 300 g/mol. The summed E-state index contributed by atoms with van der Waals surface area (Å²) in [5, 5.41) is 16.2. The first-order chi connectivity index (χ1) is 9.70. The van der Waals surface area contributed by atoms with Crippen molar-refractivity contribution in [1.29, 1.82) is 0 Å². The Morgan fingerprint density at radius 1 is 1.14 bits per heavy atom. The maximum absolute atomic E-state index is 9.34. The van der Waals surface area contributed by atoms with Crippen LogP contribution in [-0.4, -0.2) is 41.7 Å². The van der Waals surface area contributed by atoms with Crippen LogP contribution in [0.5, 0.6) is 0 Å². The van der Waals surface area contributed by atoms with E-state index in [1.165, 1.54) is 5.56 Å². The average molecular weight is 300 g/mol. The summed E-state index contributed by atoms with van der Waals surface area (Å²) in [6.07, 6.45) is 0.765. The Kier molecular flexibility index (Phi) is 18.8. The number of carbonyl (C=O) groups excluding carboxylic acids is 2. The Labute approximate surface area is 126 Å². The SMILES string of the molecule is C=O.CC(C)(C)N.NC(=O)CO.OCCc1ccccc1. The molecule has 6 nitrogen and oxygen atoms in total. The lowest BCUT2D eigenvalue weighted by atomic mass is 10.1. The van der Waals surface area contributed by atoms with Crippen LogP contribution >= 0.6 is 0 Å². The molecule has 1 rings (SSSR count). The Hall–Kier alpha value is -1.76. The first-order valence-electron chi connectivity index (χ1n) is 6.32. The molecule has 0 saturated heterocycles. The van der Waals surface area contributed by atoms with Gasteiger partial charge >= 0.3 is 0 Å². The molecule has 0 spiro atoms. The van der Waals surface area contributed by atoms with Crippen LogP contribution in [0.25, 0.3) is 0 Å². The number of rotatable bonds is 3. The van der Waals surface area contributed by atoms with Gasteiger partial charge in [-0.25, -0.2) is 0 Å². The van der Waals surface area contributed by atoms with Gasteiger partial charge in [0.25, 0.3) is 0 Å². The molecule has 0 aromatic heterocycles. The lowest BCUT2D eigenvalue weighted by molar-refractivity contribution is -0.120. The molecule has 6 N–H and O–H groups in total. The number of primary amides is 1. The van der Waals surface area contributed by atoms with E-state index < -0.39 is 12.5 Å². The van der Waals surface area contributed by atoms with Crippen molar-refractivity contribution in [1.82, 2.24) is 0 Å². The molecule has 122 valence electrons. The fourth-order valence-corrected chi connectivity index (χ4v) is 0.774. The molecular formula is C15H28N2O4. The van der Waals surface area contributed by atoms with Crippen LogP contribution in [0.2, 0.25) is 0 Å². The molecule has 0 aliphatic carbocycles. The van der Waals surface area contributed by atoms with Crippen molar-refractivity contribution in [2.24, 2.45) is 11.5 Å². The standard InChI is InChI=1S/C8H10O.C4H11N.C2H5NO2.CH2O/c9-7-6-8-4-2-1-3-5-8;1-4(2,3)5;3-2(5)1-4;1-2/h1-5,9H,6-7H2;5H2,1-3H3;4H,1H2,(H2,3,5);1H2. The minimum Gasteiger partial charge on any atom is -0.396 e. The predicted octanol–water partition coefficient (Wildman–Crippen LogP) is 0.244. The number of aliphatic hydroxyl groups excluding tert-OH is 2. The van der Waals surface area contributed by atoms with Gasteiger partial charge in [-0.2, -0.15) is 0 Å². The third kappa shape index (κ3) is 38.1. The molecular weight excluding hydrogens is 272 g/mol. The van der Waals surface area contributed by atoms with Crippen molar-refractivity contribution in [2.45, 2.75) is 32.7 Å². The van der Waals surface area contributed by atoms with E-state index in [-0.39, 0.29) is 12.1 Å². The van der Waals surface area contributed by atoms with Crippen LogP contribution in [0.1, 0.15) is 26.3 Å². The molecule has 1 aromatic rings. The van der Waals surface area contributed by atoms with E-state index in [0.29, 0.717) is 0 Å². The minimum atomic E-state index is -0.690. The Balaban J connectivity index is -0.000000234. The van der Waals surface area contributed by atoms with E-state index in [1.54, 1.807) is 0 Å². The average Bonchev–Trinajstić information content (AvgIpc) is 2.41. The Bertz CT molecular complexity index is 331. The topological polar surface area (TPSA) is 127 Å². The molecule has 0 bridgehead atoms. The molecule has 0 fully saturated rings. The van der Waals surface area contributed by atoms with Crippen molar-refractivity contribution >= 4 is 12.7 Å². The van der Waals surface area contributed by atoms with Gasteiger partial charge in [-0.05, 0) is 32.8 Å². The summed E-state index contributed by atoms with van der Waals surface area (Å²) in [5.74, 6) is -0.690. The van der Waals surface area contributed by atoms with E-state index >= 15 is 0 Å². The van der Waals surface area contributed by atoms with Gasteiger partial charge in [0, 0.05) is 12.1 Å². The summed E-state index contributed by atoms with van der Waals surface area (Å²) in [5.41, 5.74) is 11.0. The molecule has 0 saturated carbocycles. The quantitative estimate of drug-likeness (QED) is 0.636. The van der Waals surface area contributed by atoms with Gasteiger partial charge in [0.1, 0.15) is 13.4 Å². The van der Waals surface area contributed by atoms with Crippen LogP contribution in [0.3, 0.4) is 0 Å². The van der Waals surface area contributed by atoms with Gasteiger partial charge in [0.2, 0.25) is 5.91 Å². The zero-order valence-electron chi connectivity index (χ0n) is 13.1. The summed E-state index contributed by atoms with van der Waals surface area (Å²) in [7, 11) is 0. The number of benzene rings is 1. The molecule has 1 amide bonds. The van der Waals surface area contributed by atoms with Crippen LogP contribution in [-0.2, 0) is 16.0 Å². The van der Waals surface area contributed by atoms with Crippen molar-refractivity contribution in [3.05, 3.63) is 35.9 Å². The summed E-state index contributed by atoms with van der Waals surface area (Å²) < 4.78 is 0. The molecule has 0 aliphatic heterocycles. The first kappa shape index (κ1) is 24.3. The maximum atomic E-state index is 9.34. The van der Waals surface area contributed by atoms with Gasteiger partial charge in [0.05, 0.1) is 0 Å². The second-order valence-electron chi connectivity index (χ2n) is 4.95. The van der Waals surface area contributed by atoms with Crippen molar-refractivity contribution in [2.75, 3.05) is 13.2 Å². The van der Waals surface area contributed by atoms with E-state index in [1.807, 2.05) is 57.9 Å². The number of amides is 1. The normalized spacial score (nSPS) is 8.86. The zero-order valence-corrected chi connectivity index (χ0v) is 13.1. The van der Waals surface area contributed by atoms with Crippen LogP contribution < -0.4 is 11.5 Å². The second kappa shape index (κ2) is 16.3. The third-order valence-electron chi connectivity index (χ3n) is 1.40. The van der Waals surface area contributed by atoms with E-state index in [4.69, 9.17) is 20.7 Å². The molecule has 0 unspecified atom stereocenters. The highest BCUT2D eigenvalue weighted by Gasteiger charge is 1.95. The largest absolute Gasteiger partial charge is 0.396 e. The number of hydrogen-bond donors (Lipinski definition) is 4. The van der Waals surface area contributed by atoms with Crippen LogP contribution in [0.15, 0.2) is 30.3 Å². The van der Waals surface area contributed by atoms with Gasteiger partial charge in [-0.1, -0.05) is 30.3 Å². The molecule has 0 heterocycles. The molecule has 6 heteroatoms. The number of hydrogen-bond acceptors (Lipinski definition) is 5. The second-order valence-corrected chi connectivity index (χ2v) is 4.95. The molecule has 0 aliphatic rings. The summed E-state index contributed by atoms with van der Waals surface area (Å²) >= 11 is 0. The lowest BCUT2D eigenvalue weighted by Crippen LogP contribution is -2.26. The number of aliphatic hydroxyl groups is 2. The number of nitrogens with two attached hydrogens (primary N) is 2. The molecule has 21 heavy (non-hydrogen) atoms. The maximum Gasteiger partial charge on any atom is 0.243 e. The highest BCUT2D eigenvalue weighted by Crippen LogP contribution is 1.97. The lowest BCUT2D eigenvalue weighted by Gasteiger charge is -2.06. The molecule has 1 aromatic carbocycles. The van der Waals surface area contributed by atoms with Gasteiger partial charge in [-0.15, -0.1) is 0 Å². The van der Waals surface area contributed by atoms with Crippen molar-refractivity contribution in [3.8, 4) is 0 Å². The first-order valence-corrected chi connectivity index (χ1v) is 6.32. The minimum absolute atomic E-state index is 0. The van der Waals surface area contributed by atoms with Gasteiger partial charge < -0.3 is 26.5 Å². The van der Waals surface area contributed by atoms with Crippen molar-refractivity contribution < 1.29 is 19.8 Å². The van der Waals surface area contributed by atoms with E-state index in [2.05, 4.69) is 5.73 Å². The fraction of sp³-hybridized carbons (Fsp3) is 0.467. The summed E-state index contributed by atoms with van der Waals surface area (Å²) in [6.45, 7) is 7.58. The highest BCUT2D eigenvalue weighted by molar-refractivity contribution is 5.74. The van der Waals surface area contributed by atoms with Crippen LogP contribution in [0.4, 0.5) is 0 Å². The van der Waals surface area contributed by atoms with Crippen LogP contribution in [0, 0.1) is 0 Å². The van der Waals surface area contributed by atoms with Gasteiger partial charge in [0.15, 0.2) is 0 Å². The smallest absolute Gasteiger partial charge is 0.243 e. The van der Waals surface area contributed by atoms with E-state index in [9.17, 15) is 4.79 Å². The number of carbonyl (C=O) groups is 2. The molecule has 0 radical (unpaired) electrons. The fourth-order valence-electron chi connectivity index (χ4n) is 0.774. The zero-order chi connectivity index (χ0) is 17.3. The summed E-state index contributed by atoms with van der Waals surface area (Å²) in [4.78, 5) is 17.3. The molecule has 0 atom stereocenters. The predicted molar refractivity (Wildman–Crippen MR) is 84.6 cm³/mol. The Morgan fingerprint density at radius 2 is 1.48 bits per heavy atom. The van der Waals surface area contributed by atoms with E-state index in [0.717, 1.165) is 6.42 Å². The highest BCUT2D eigenvalue weighted by atomic mass is 16.3. The summed E-state index contributed by atoms with van der Waals surface area (Å²) in [6, 6.07) is 9.95.